The Labute approximate surface area is 112 Å². The molecule has 1 aliphatic heterocycles. The lowest BCUT2D eigenvalue weighted by molar-refractivity contribution is -0.148. The van der Waals surface area contributed by atoms with Gasteiger partial charge in [-0.05, 0) is 18.4 Å². The number of hydrogen-bond acceptors (Lipinski definition) is 3. The molecule has 2 rings (SSSR count). The van der Waals surface area contributed by atoms with Gasteiger partial charge in [-0.2, -0.15) is 0 Å². The van der Waals surface area contributed by atoms with Gasteiger partial charge in [0.25, 0.3) is 0 Å². The van der Waals surface area contributed by atoms with E-state index in [2.05, 4.69) is 0 Å². The van der Waals surface area contributed by atoms with Crippen LogP contribution in [-0.4, -0.2) is 18.7 Å². The van der Waals surface area contributed by atoms with E-state index in [1.165, 1.54) is 13.2 Å². The highest BCUT2D eigenvalue weighted by atomic mass is 19.1. The first-order valence-corrected chi connectivity index (χ1v) is 6.50. The highest BCUT2D eigenvalue weighted by molar-refractivity contribution is 5.85. The van der Waals surface area contributed by atoms with Gasteiger partial charge in [0.15, 0.2) is 0 Å². The lowest BCUT2D eigenvalue weighted by Gasteiger charge is -2.21. The van der Waals surface area contributed by atoms with Crippen molar-refractivity contribution in [2.24, 2.45) is 5.92 Å². The van der Waals surface area contributed by atoms with Gasteiger partial charge in [-0.25, -0.2) is 9.18 Å². The highest BCUT2D eigenvalue weighted by Crippen LogP contribution is 2.62. The monoisotopic (exact) mass is 266 g/mol. The fourth-order valence-corrected chi connectivity index (χ4v) is 3.00. The van der Waals surface area contributed by atoms with Crippen LogP contribution in [0, 0.1) is 11.7 Å². The van der Waals surface area contributed by atoms with Crippen LogP contribution >= 0.6 is 0 Å². The average molecular weight is 266 g/mol. The Morgan fingerprint density at radius 3 is 2.53 bits per heavy atom. The summed E-state index contributed by atoms with van der Waals surface area (Å²) in [4.78, 5) is 12.1. The largest absolute Gasteiger partial charge is 0.467 e. The van der Waals surface area contributed by atoms with Crippen LogP contribution in [0.3, 0.4) is 0 Å². The van der Waals surface area contributed by atoms with Gasteiger partial charge >= 0.3 is 5.97 Å². The minimum absolute atomic E-state index is 0.0977. The van der Waals surface area contributed by atoms with Crippen molar-refractivity contribution in [3.05, 3.63) is 35.6 Å². The summed E-state index contributed by atoms with van der Waals surface area (Å²) in [6.07, 6.45) is 0.515. The van der Waals surface area contributed by atoms with Crippen LogP contribution in [0.4, 0.5) is 4.39 Å². The van der Waals surface area contributed by atoms with Gasteiger partial charge in [-0.3, -0.25) is 0 Å². The molecule has 0 aliphatic carbocycles. The summed E-state index contributed by atoms with van der Waals surface area (Å²) < 4.78 is 24.7. The maximum atomic E-state index is 14.1. The number of methoxy groups -OCH3 is 1. The molecule has 0 saturated carbocycles. The average Bonchev–Trinajstić information content (AvgIpc) is 3.10. The molecule has 2 atom stereocenters. The van der Waals surface area contributed by atoms with Crippen LogP contribution in [0.2, 0.25) is 0 Å². The second-order valence-electron chi connectivity index (χ2n) is 5.14. The van der Waals surface area contributed by atoms with E-state index >= 15 is 0 Å². The standard InChI is InChI=1S/C15H19FO3/c1-5-14(11-8-6-7-9-12(11)16)15(19-14,10(2)3)13(17)18-4/h6-10H,5H2,1-4H3. The maximum Gasteiger partial charge on any atom is 0.341 e. The number of epoxide rings is 1. The molecular formula is C15H19FO3. The molecule has 1 aliphatic rings. The van der Waals surface area contributed by atoms with Crippen LogP contribution in [0.1, 0.15) is 32.8 Å². The summed E-state index contributed by atoms with van der Waals surface area (Å²) in [5, 5.41) is 0. The van der Waals surface area contributed by atoms with Crippen LogP contribution < -0.4 is 0 Å². The molecule has 0 radical (unpaired) electrons. The Kier molecular flexibility index (Phi) is 3.39. The van der Waals surface area contributed by atoms with Crippen molar-refractivity contribution in [1.82, 2.24) is 0 Å². The lowest BCUT2D eigenvalue weighted by Crippen LogP contribution is -2.39. The Hall–Kier alpha value is -1.42. The van der Waals surface area contributed by atoms with Crippen molar-refractivity contribution in [3.63, 3.8) is 0 Å². The van der Waals surface area contributed by atoms with Crippen molar-refractivity contribution in [2.45, 2.75) is 38.4 Å². The summed E-state index contributed by atoms with van der Waals surface area (Å²) in [5.41, 5.74) is -1.57. The molecular weight excluding hydrogens is 247 g/mol. The van der Waals surface area contributed by atoms with Gasteiger partial charge in [-0.1, -0.05) is 39.0 Å². The molecule has 3 nitrogen and oxygen atoms in total. The van der Waals surface area contributed by atoms with Crippen LogP contribution in [0.5, 0.6) is 0 Å². The van der Waals surface area contributed by atoms with Gasteiger partial charge in [0.05, 0.1) is 7.11 Å². The van der Waals surface area contributed by atoms with Crippen molar-refractivity contribution in [1.29, 1.82) is 0 Å². The number of carbonyl (C=O) groups is 1. The molecule has 1 aromatic carbocycles. The molecule has 1 saturated heterocycles. The lowest BCUT2D eigenvalue weighted by atomic mass is 9.77. The smallest absolute Gasteiger partial charge is 0.341 e. The normalized spacial score (nSPS) is 29.4. The maximum absolute atomic E-state index is 14.1. The summed E-state index contributed by atoms with van der Waals surface area (Å²) in [7, 11) is 1.33. The quantitative estimate of drug-likeness (QED) is 0.621. The second kappa shape index (κ2) is 4.60. The van der Waals surface area contributed by atoms with E-state index in [-0.39, 0.29) is 11.7 Å². The van der Waals surface area contributed by atoms with Gasteiger partial charge < -0.3 is 9.47 Å². The molecule has 19 heavy (non-hydrogen) atoms. The first kappa shape index (κ1) is 14.0. The number of rotatable bonds is 4. The Morgan fingerprint density at radius 1 is 1.42 bits per heavy atom. The minimum atomic E-state index is -1.08. The molecule has 0 N–H and O–H groups in total. The zero-order valence-electron chi connectivity index (χ0n) is 11.7. The molecule has 1 heterocycles. The second-order valence-corrected chi connectivity index (χ2v) is 5.14. The third-order valence-corrected chi connectivity index (χ3v) is 4.00. The van der Waals surface area contributed by atoms with Crippen molar-refractivity contribution in [2.75, 3.05) is 7.11 Å². The first-order chi connectivity index (χ1) is 8.96. The fourth-order valence-electron chi connectivity index (χ4n) is 3.00. The topological polar surface area (TPSA) is 38.8 Å². The molecule has 104 valence electrons. The predicted octanol–water partition coefficient (Wildman–Crippen LogP) is 3.03. The highest BCUT2D eigenvalue weighted by Gasteiger charge is 2.77. The molecule has 0 aromatic heterocycles. The minimum Gasteiger partial charge on any atom is -0.467 e. The van der Waals surface area contributed by atoms with Crippen molar-refractivity contribution in [3.8, 4) is 0 Å². The fraction of sp³-hybridized carbons (Fsp3) is 0.533. The number of halogens is 1. The zero-order valence-corrected chi connectivity index (χ0v) is 11.7. The molecule has 0 bridgehead atoms. The van der Waals surface area contributed by atoms with Gasteiger partial charge in [0, 0.05) is 5.56 Å². The number of hydrogen-bond donors (Lipinski definition) is 0. The van der Waals surface area contributed by atoms with E-state index in [9.17, 15) is 9.18 Å². The third-order valence-electron chi connectivity index (χ3n) is 4.00. The van der Waals surface area contributed by atoms with E-state index in [4.69, 9.17) is 9.47 Å². The van der Waals surface area contributed by atoms with Crippen molar-refractivity contribution < 1.29 is 18.7 Å². The number of ether oxygens (including phenoxy) is 2. The molecule has 1 fully saturated rings. The third kappa shape index (κ3) is 1.70. The van der Waals surface area contributed by atoms with Crippen molar-refractivity contribution >= 4 is 5.97 Å². The SMILES string of the molecule is CCC1(c2ccccc2F)OC1(C(=O)OC)C(C)C. The van der Waals surface area contributed by atoms with E-state index in [1.807, 2.05) is 20.8 Å². The first-order valence-electron chi connectivity index (χ1n) is 6.50. The molecule has 0 amide bonds. The molecule has 0 spiro atoms. The molecule has 4 heteroatoms. The number of carbonyl (C=O) groups excluding carboxylic acids is 1. The zero-order chi connectivity index (χ0) is 14.3. The predicted molar refractivity (Wildman–Crippen MR) is 69.0 cm³/mol. The van der Waals surface area contributed by atoms with E-state index in [0.717, 1.165) is 0 Å². The summed E-state index contributed by atoms with van der Waals surface area (Å²) in [6, 6.07) is 6.43. The van der Waals surface area contributed by atoms with Gasteiger partial charge in [-0.15, -0.1) is 0 Å². The van der Waals surface area contributed by atoms with E-state index in [1.54, 1.807) is 18.2 Å². The number of benzene rings is 1. The van der Waals surface area contributed by atoms with Gasteiger partial charge in [0.2, 0.25) is 5.60 Å². The van der Waals surface area contributed by atoms with Crippen LogP contribution in [0.15, 0.2) is 24.3 Å². The van der Waals surface area contributed by atoms with E-state index < -0.39 is 17.2 Å². The Balaban J connectivity index is 2.53. The summed E-state index contributed by atoms with van der Waals surface area (Å²) >= 11 is 0. The van der Waals surface area contributed by atoms with Gasteiger partial charge in [0.1, 0.15) is 11.4 Å². The van der Waals surface area contributed by atoms with Crippen LogP contribution in [0.25, 0.3) is 0 Å². The van der Waals surface area contributed by atoms with E-state index in [0.29, 0.717) is 12.0 Å². The summed E-state index contributed by atoms with van der Waals surface area (Å²) in [5.74, 6) is -0.886. The Morgan fingerprint density at radius 2 is 2.05 bits per heavy atom. The Bertz CT molecular complexity index is 500. The van der Waals surface area contributed by atoms with Crippen LogP contribution in [-0.2, 0) is 19.9 Å². The number of esters is 1. The molecule has 2 unspecified atom stereocenters. The molecule has 1 aromatic rings. The summed E-state index contributed by atoms with van der Waals surface area (Å²) in [6.45, 7) is 5.66.